The Kier molecular flexibility index (Phi) is 5.10. The van der Waals surface area contributed by atoms with Gasteiger partial charge in [-0.15, -0.1) is 0 Å². The van der Waals surface area contributed by atoms with E-state index in [9.17, 15) is 18.0 Å². The fourth-order valence-electron chi connectivity index (χ4n) is 3.89. The normalized spacial score (nSPS) is 21.8. The van der Waals surface area contributed by atoms with Crippen LogP contribution in [-0.2, 0) is 14.8 Å². The number of hydrogen-bond donors (Lipinski definition) is 2. The molecule has 29 heavy (non-hydrogen) atoms. The average Bonchev–Trinajstić information content (AvgIpc) is 2.76. The number of piperidine rings is 1. The van der Waals surface area contributed by atoms with Gasteiger partial charge in [-0.05, 0) is 48.2 Å². The molecule has 2 aliphatic rings. The lowest BCUT2D eigenvalue weighted by molar-refractivity contribution is -0.121. The third kappa shape index (κ3) is 4.14. The monoisotopic (exact) mass is 433 g/mol. The molecule has 0 aromatic heterocycles. The molecule has 2 N–H and O–H groups in total. The molecule has 2 aliphatic heterocycles. The summed E-state index contributed by atoms with van der Waals surface area (Å²) in [6.45, 7) is 0.300. The van der Waals surface area contributed by atoms with E-state index >= 15 is 0 Å². The highest BCUT2D eigenvalue weighted by Crippen LogP contribution is 2.32. The van der Waals surface area contributed by atoms with Crippen molar-refractivity contribution in [1.29, 1.82) is 0 Å². The highest BCUT2D eigenvalue weighted by atomic mass is 35.5. The van der Waals surface area contributed by atoms with E-state index in [1.807, 2.05) is 18.2 Å². The fraction of sp³-hybridized carbons (Fsp3) is 0.300. The van der Waals surface area contributed by atoms with E-state index in [1.54, 1.807) is 24.3 Å². The minimum Gasteiger partial charge on any atom is -0.326 e. The molecule has 2 aromatic carbocycles. The third-order valence-electron chi connectivity index (χ3n) is 5.23. The summed E-state index contributed by atoms with van der Waals surface area (Å²) in [5.74, 6) is -0.548. The van der Waals surface area contributed by atoms with Crippen molar-refractivity contribution in [2.45, 2.75) is 24.9 Å². The number of carbonyl (C=O) groups is 2. The van der Waals surface area contributed by atoms with Crippen LogP contribution in [0.3, 0.4) is 0 Å². The molecule has 0 radical (unpaired) electrons. The van der Waals surface area contributed by atoms with Crippen molar-refractivity contribution in [3.63, 3.8) is 0 Å². The first-order valence-electron chi connectivity index (χ1n) is 9.20. The molecule has 0 spiro atoms. The molecule has 1 saturated heterocycles. The fourth-order valence-corrected chi connectivity index (χ4v) is 4.84. The van der Waals surface area contributed by atoms with Gasteiger partial charge in [0.2, 0.25) is 15.9 Å². The quantitative estimate of drug-likeness (QED) is 0.777. The van der Waals surface area contributed by atoms with Gasteiger partial charge in [-0.25, -0.2) is 13.1 Å². The van der Waals surface area contributed by atoms with E-state index in [0.29, 0.717) is 29.2 Å². The maximum atomic E-state index is 13.2. The summed E-state index contributed by atoms with van der Waals surface area (Å²) in [6, 6.07) is 11.5. The molecule has 0 bridgehead atoms. The summed E-state index contributed by atoms with van der Waals surface area (Å²) < 4.78 is 25.6. The number of hydrogen-bond acceptors (Lipinski definition) is 4. The molecule has 2 amide bonds. The number of carbonyl (C=O) groups excluding carboxylic acids is 2. The van der Waals surface area contributed by atoms with Gasteiger partial charge < -0.3 is 10.2 Å². The molecule has 9 heteroatoms. The Hall–Kier alpha value is -2.42. The SMILES string of the molecule is CS(=O)(=O)N[C@H]1CCN2C(=O)c3cc(-c4ccc(Cl)cc4)ccc3NC(=O)[C@@H]2C1. The van der Waals surface area contributed by atoms with Gasteiger partial charge in [-0.2, -0.15) is 0 Å². The summed E-state index contributed by atoms with van der Waals surface area (Å²) in [6.07, 6.45) is 1.78. The topological polar surface area (TPSA) is 95.6 Å². The number of fused-ring (bicyclic) bond motifs is 2. The van der Waals surface area contributed by atoms with Crippen molar-refractivity contribution in [3.05, 3.63) is 53.1 Å². The highest BCUT2D eigenvalue weighted by Gasteiger charge is 2.40. The van der Waals surface area contributed by atoms with E-state index in [0.717, 1.165) is 17.4 Å². The van der Waals surface area contributed by atoms with Gasteiger partial charge in [-0.3, -0.25) is 9.59 Å². The lowest BCUT2D eigenvalue weighted by Crippen LogP contribution is -2.54. The molecular weight excluding hydrogens is 414 g/mol. The Morgan fingerprint density at radius 2 is 1.79 bits per heavy atom. The van der Waals surface area contributed by atoms with Gasteiger partial charge in [0, 0.05) is 17.6 Å². The largest absolute Gasteiger partial charge is 0.326 e. The van der Waals surface area contributed by atoms with Gasteiger partial charge >= 0.3 is 0 Å². The number of rotatable bonds is 3. The van der Waals surface area contributed by atoms with Gasteiger partial charge in [0.1, 0.15) is 6.04 Å². The molecule has 2 heterocycles. The molecule has 2 atom stereocenters. The van der Waals surface area contributed by atoms with Crippen molar-refractivity contribution in [2.24, 2.45) is 0 Å². The standard InChI is InChI=1S/C20H20ClN3O4S/c1-29(27,28)23-15-8-9-24-18(11-15)19(25)22-17-7-4-13(10-16(17)20(24)26)12-2-5-14(21)6-3-12/h2-7,10,15,18,23H,8-9,11H2,1H3,(H,22,25)/t15-,18-/m0/s1. The van der Waals surface area contributed by atoms with E-state index < -0.39 is 16.1 Å². The number of sulfonamides is 1. The number of anilines is 1. The zero-order chi connectivity index (χ0) is 20.8. The first-order chi connectivity index (χ1) is 13.7. The number of benzene rings is 2. The molecule has 4 rings (SSSR count). The number of nitrogens with one attached hydrogen (secondary N) is 2. The molecule has 0 aliphatic carbocycles. The van der Waals surface area contributed by atoms with Crippen LogP contribution < -0.4 is 10.0 Å². The van der Waals surface area contributed by atoms with Crippen LogP contribution in [0.5, 0.6) is 0 Å². The van der Waals surface area contributed by atoms with Crippen molar-refractivity contribution in [2.75, 3.05) is 18.1 Å². The summed E-state index contributed by atoms with van der Waals surface area (Å²) in [5.41, 5.74) is 2.63. The van der Waals surface area contributed by atoms with Crippen molar-refractivity contribution in [3.8, 4) is 11.1 Å². The second-order valence-corrected chi connectivity index (χ2v) is 9.60. The van der Waals surface area contributed by atoms with Gasteiger partial charge in [-0.1, -0.05) is 29.8 Å². The predicted octanol–water partition coefficient (Wildman–Crippen LogP) is 2.48. The Morgan fingerprint density at radius 1 is 1.10 bits per heavy atom. The highest BCUT2D eigenvalue weighted by molar-refractivity contribution is 7.88. The average molecular weight is 434 g/mol. The Balaban J connectivity index is 1.65. The minimum atomic E-state index is -3.39. The van der Waals surface area contributed by atoms with Crippen LogP contribution in [0.2, 0.25) is 5.02 Å². The molecule has 152 valence electrons. The van der Waals surface area contributed by atoms with E-state index in [4.69, 9.17) is 11.6 Å². The molecule has 7 nitrogen and oxygen atoms in total. The first-order valence-corrected chi connectivity index (χ1v) is 11.5. The maximum absolute atomic E-state index is 13.2. The Labute approximate surface area is 174 Å². The second kappa shape index (κ2) is 7.44. The van der Waals surface area contributed by atoms with E-state index in [1.165, 1.54) is 4.90 Å². The number of amides is 2. The smallest absolute Gasteiger partial charge is 0.256 e. The summed E-state index contributed by atoms with van der Waals surface area (Å²) in [4.78, 5) is 27.5. The minimum absolute atomic E-state index is 0.239. The number of nitrogens with zero attached hydrogens (tertiary/aromatic N) is 1. The predicted molar refractivity (Wildman–Crippen MR) is 111 cm³/mol. The lowest BCUT2D eigenvalue weighted by atomic mass is 9.96. The summed E-state index contributed by atoms with van der Waals surface area (Å²) in [5, 5.41) is 3.45. The van der Waals surface area contributed by atoms with Gasteiger partial charge in [0.25, 0.3) is 5.91 Å². The van der Waals surface area contributed by atoms with Crippen LogP contribution in [0.4, 0.5) is 5.69 Å². The zero-order valence-electron chi connectivity index (χ0n) is 15.7. The van der Waals surface area contributed by atoms with Crippen LogP contribution in [0, 0.1) is 0 Å². The van der Waals surface area contributed by atoms with Crippen molar-refractivity contribution < 1.29 is 18.0 Å². The second-order valence-electron chi connectivity index (χ2n) is 7.38. The van der Waals surface area contributed by atoms with E-state index in [2.05, 4.69) is 10.0 Å². The van der Waals surface area contributed by atoms with Crippen molar-refractivity contribution >= 4 is 39.1 Å². The molecule has 0 unspecified atom stereocenters. The third-order valence-corrected chi connectivity index (χ3v) is 6.25. The summed E-state index contributed by atoms with van der Waals surface area (Å²) >= 11 is 5.95. The molecule has 1 fully saturated rings. The van der Waals surface area contributed by atoms with Crippen LogP contribution in [0.1, 0.15) is 23.2 Å². The Morgan fingerprint density at radius 3 is 2.48 bits per heavy atom. The van der Waals surface area contributed by atoms with Crippen molar-refractivity contribution in [1.82, 2.24) is 9.62 Å². The Bertz CT molecular complexity index is 1090. The zero-order valence-corrected chi connectivity index (χ0v) is 17.3. The summed E-state index contributed by atoms with van der Waals surface area (Å²) in [7, 11) is -3.39. The molecule has 2 aromatic rings. The van der Waals surface area contributed by atoms with Crippen LogP contribution >= 0.6 is 11.6 Å². The maximum Gasteiger partial charge on any atom is 0.256 e. The van der Waals surface area contributed by atoms with Crippen LogP contribution in [0.25, 0.3) is 11.1 Å². The molecule has 0 saturated carbocycles. The first kappa shape index (κ1) is 19.9. The number of halogens is 1. The van der Waals surface area contributed by atoms with Gasteiger partial charge in [0.05, 0.1) is 17.5 Å². The van der Waals surface area contributed by atoms with Gasteiger partial charge in [0.15, 0.2) is 0 Å². The van der Waals surface area contributed by atoms with Crippen LogP contribution in [0.15, 0.2) is 42.5 Å². The lowest BCUT2D eigenvalue weighted by Gasteiger charge is -2.37. The van der Waals surface area contributed by atoms with E-state index in [-0.39, 0.29) is 24.3 Å². The van der Waals surface area contributed by atoms with Crippen LogP contribution in [-0.4, -0.2) is 50.0 Å². The molecular formula is C20H20ClN3O4S.